The van der Waals surface area contributed by atoms with Crippen molar-refractivity contribution in [3.63, 3.8) is 0 Å². The van der Waals surface area contributed by atoms with Gasteiger partial charge >= 0.3 is 0 Å². The van der Waals surface area contributed by atoms with Gasteiger partial charge in [-0.25, -0.2) is 0 Å². The lowest BCUT2D eigenvalue weighted by atomic mass is 9.64. The molecular formula is C16H33N. The van der Waals surface area contributed by atoms with Crippen molar-refractivity contribution in [1.82, 2.24) is 5.32 Å². The number of nitrogens with one attached hydrogen (secondary N) is 1. The van der Waals surface area contributed by atoms with Crippen molar-refractivity contribution < 1.29 is 0 Å². The molecular weight excluding hydrogens is 206 g/mol. The van der Waals surface area contributed by atoms with Crippen molar-refractivity contribution in [2.45, 2.75) is 67.7 Å². The van der Waals surface area contributed by atoms with E-state index in [2.05, 4.69) is 53.8 Å². The topological polar surface area (TPSA) is 12.0 Å². The zero-order valence-corrected chi connectivity index (χ0v) is 13.1. The molecule has 1 nitrogen and oxygen atoms in total. The van der Waals surface area contributed by atoms with E-state index in [-0.39, 0.29) is 0 Å². The minimum atomic E-state index is 0.434. The molecule has 1 atom stereocenters. The summed E-state index contributed by atoms with van der Waals surface area (Å²) in [6.07, 6.45) is 3.96. The molecule has 1 fully saturated rings. The number of rotatable bonds is 1. The Morgan fingerprint density at radius 3 is 2.00 bits per heavy atom. The molecule has 0 saturated carbocycles. The summed E-state index contributed by atoms with van der Waals surface area (Å²) in [5.74, 6) is 0.746. The molecule has 0 aromatic carbocycles. The van der Waals surface area contributed by atoms with Crippen LogP contribution in [0.4, 0.5) is 0 Å². The maximum absolute atomic E-state index is 3.69. The van der Waals surface area contributed by atoms with Crippen LogP contribution in [0.2, 0.25) is 0 Å². The predicted molar refractivity (Wildman–Crippen MR) is 77.2 cm³/mol. The zero-order chi connectivity index (χ0) is 13.3. The highest BCUT2D eigenvalue weighted by Gasteiger charge is 2.38. The molecule has 1 aliphatic heterocycles. The molecule has 0 aromatic rings. The van der Waals surface area contributed by atoms with Gasteiger partial charge in [0.1, 0.15) is 0 Å². The molecule has 1 unspecified atom stereocenters. The highest BCUT2D eigenvalue weighted by Crippen LogP contribution is 2.46. The van der Waals surface area contributed by atoms with Gasteiger partial charge in [0.15, 0.2) is 0 Å². The van der Waals surface area contributed by atoms with Crippen molar-refractivity contribution in [3.05, 3.63) is 0 Å². The Balaban J connectivity index is 2.90. The predicted octanol–water partition coefficient (Wildman–Crippen LogP) is 4.47. The van der Waals surface area contributed by atoms with Gasteiger partial charge in [-0.15, -0.1) is 0 Å². The summed E-state index contributed by atoms with van der Waals surface area (Å²) < 4.78 is 0. The van der Waals surface area contributed by atoms with Gasteiger partial charge in [0.05, 0.1) is 0 Å². The summed E-state index contributed by atoms with van der Waals surface area (Å²) in [5, 5.41) is 3.69. The summed E-state index contributed by atoms with van der Waals surface area (Å²) in [7, 11) is 0. The maximum atomic E-state index is 3.69. The fourth-order valence-corrected chi connectivity index (χ4v) is 3.81. The normalized spacial score (nSPS) is 33.9. The highest BCUT2D eigenvalue weighted by molar-refractivity contribution is 4.91. The molecule has 1 heterocycles. The van der Waals surface area contributed by atoms with Crippen LogP contribution in [0.25, 0.3) is 0 Å². The molecule has 0 aliphatic carbocycles. The van der Waals surface area contributed by atoms with Crippen LogP contribution in [0.5, 0.6) is 0 Å². The van der Waals surface area contributed by atoms with E-state index in [0.717, 1.165) is 5.92 Å². The smallest absolute Gasteiger partial charge is 0.000782 e. The van der Waals surface area contributed by atoms with Crippen molar-refractivity contribution in [3.8, 4) is 0 Å². The van der Waals surface area contributed by atoms with Crippen LogP contribution >= 0.6 is 0 Å². The van der Waals surface area contributed by atoms with Gasteiger partial charge in [-0.05, 0) is 48.0 Å². The van der Waals surface area contributed by atoms with Crippen LogP contribution in [0.1, 0.15) is 67.7 Å². The summed E-state index contributed by atoms with van der Waals surface area (Å²) in [5.41, 5.74) is 1.36. The van der Waals surface area contributed by atoms with Gasteiger partial charge < -0.3 is 5.32 Å². The summed E-state index contributed by atoms with van der Waals surface area (Å²) >= 11 is 0. The van der Waals surface area contributed by atoms with Gasteiger partial charge in [0.2, 0.25) is 0 Å². The van der Waals surface area contributed by atoms with Crippen LogP contribution in [0.15, 0.2) is 0 Å². The van der Waals surface area contributed by atoms with E-state index in [1.165, 1.54) is 32.4 Å². The Morgan fingerprint density at radius 2 is 1.47 bits per heavy atom. The first kappa shape index (κ1) is 15.0. The molecule has 0 aromatic heterocycles. The molecule has 102 valence electrons. The van der Waals surface area contributed by atoms with Crippen molar-refractivity contribution >= 4 is 0 Å². The first-order chi connectivity index (χ1) is 7.56. The lowest BCUT2D eigenvalue weighted by Gasteiger charge is -2.42. The van der Waals surface area contributed by atoms with E-state index in [4.69, 9.17) is 0 Å². The average molecular weight is 239 g/mol. The Kier molecular flexibility index (Phi) is 4.34. The Bertz CT molecular complexity index is 252. The second-order valence-corrected chi connectivity index (χ2v) is 8.42. The lowest BCUT2D eigenvalue weighted by Crippen LogP contribution is -2.39. The van der Waals surface area contributed by atoms with E-state index in [1.54, 1.807) is 0 Å². The summed E-state index contributed by atoms with van der Waals surface area (Å²) in [6.45, 7) is 19.3. The maximum Gasteiger partial charge on any atom is 0.000782 e. The third kappa shape index (κ3) is 4.28. The third-order valence-corrected chi connectivity index (χ3v) is 4.74. The monoisotopic (exact) mass is 239 g/mol. The zero-order valence-electron chi connectivity index (χ0n) is 13.1. The molecule has 1 aliphatic rings. The molecule has 1 N–H and O–H groups in total. The SMILES string of the molecule is CC(C)C1(C)CNCCC(C)(C)CC(C)(C)C1. The van der Waals surface area contributed by atoms with Gasteiger partial charge in [-0.2, -0.15) is 0 Å². The van der Waals surface area contributed by atoms with E-state index in [9.17, 15) is 0 Å². The van der Waals surface area contributed by atoms with E-state index in [1.807, 2.05) is 0 Å². The van der Waals surface area contributed by atoms with E-state index in [0.29, 0.717) is 16.2 Å². The molecule has 0 spiro atoms. The lowest BCUT2D eigenvalue weighted by molar-refractivity contribution is 0.0917. The van der Waals surface area contributed by atoms with Crippen molar-refractivity contribution in [2.75, 3.05) is 13.1 Å². The minimum Gasteiger partial charge on any atom is -0.316 e. The van der Waals surface area contributed by atoms with Crippen LogP contribution in [-0.4, -0.2) is 13.1 Å². The minimum absolute atomic E-state index is 0.434. The summed E-state index contributed by atoms with van der Waals surface area (Å²) in [4.78, 5) is 0. The van der Waals surface area contributed by atoms with E-state index >= 15 is 0 Å². The molecule has 17 heavy (non-hydrogen) atoms. The van der Waals surface area contributed by atoms with Gasteiger partial charge in [-0.3, -0.25) is 0 Å². The van der Waals surface area contributed by atoms with Gasteiger partial charge in [0.25, 0.3) is 0 Å². The van der Waals surface area contributed by atoms with Crippen molar-refractivity contribution in [1.29, 1.82) is 0 Å². The second-order valence-electron chi connectivity index (χ2n) is 8.42. The first-order valence-electron chi connectivity index (χ1n) is 7.27. The van der Waals surface area contributed by atoms with Crippen LogP contribution in [0.3, 0.4) is 0 Å². The first-order valence-corrected chi connectivity index (χ1v) is 7.27. The van der Waals surface area contributed by atoms with Crippen LogP contribution < -0.4 is 5.32 Å². The fraction of sp³-hybridized carbons (Fsp3) is 1.00. The summed E-state index contributed by atoms with van der Waals surface area (Å²) in [6, 6.07) is 0. The quantitative estimate of drug-likeness (QED) is 0.711. The Hall–Kier alpha value is -0.0400. The standard InChI is InChI=1S/C16H33N/c1-13(2)16(7)11-15(5,6)10-14(3,4)8-9-17-12-16/h13,17H,8-12H2,1-7H3. The molecule has 1 saturated heterocycles. The molecule has 1 heteroatoms. The van der Waals surface area contributed by atoms with Crippen LogP contribution in [0, 0.1) is 22.2 Å². The molecule has 0 bridgehead atoms. The Morgan fingerprint density at radius 1 is 0.882 bits per heavy atom. The van der Waals surface area contributed by atoms with E-state index < -0.39 is 0 Å². The average Bonchev–Trinajstić information content (AvgIpc) is 2.12. The molecule has 0 amide bonds. The molecule has 1 rings (SSSR count). The Labute approximate surface area is 109 Å². The van der Waals surface area contributed by atoms with Gasteiger partial charge in [-0.1, -0.05) is 48.5 Å². The largest absolute Gasteiger partial charge is 0.316 e. The second kappa shape index (κ2) is 4.91. The fourth-order valence-electron chi connectivity index (χ4n) is 3.81. The van der Waals surface area contributed by atoms with Gasteiger partial charge in [0, 0.05) is 6.54 Å². The number of hydrogen-bond donors (Lipinski definition) is 1. The number of hydrogen-bond acceptors (Lipinski definition) is 1. The third-order valence-electron chi connectivity index (χ3n) is 4.74. The molecule has 0 radical (unpaired) electrons. The highest BCUT2D eigenvalue weighted by atomic mass is 14.9. The van der Waals surface area contributed by atoms with Crippen LogP contribution in [-0.2, 0) is 0 Å². The van der Waals surface area contributed by atoms with Crippen molar-refractivity contribution in [2.24, 2.45) is 22.2 Å².